The average Bonchev–Trinajstić information content (AvgIpc) is 3.25. The van der Waals surface area contributed by atoms with Crippen molar-refractivity contribution < 1.29 is 4.79 Å². The van der Waals surface area contributed by atoms with Crippen molar-refractivity contribution in [2.75, 3.05) is 16.8 Å². The van der Waals surface area contributed by atoms with Crippen molar-refractivity contribution in [3.05, 3.63) is 28.8 Å². The Morgan fingerprint density at radius 1 is 1.31 bits per heavy atom. The molecule has 1 aromatic carbocycles. The van der Waals surface area contributed by atoms with Gasteiger partial charge in [-0.05, 0) is 40.8 Å². The smallest absolute Gasteiger partial charge is 0.236 e. The third-order valence-corrected chi connectivity index (χ3v) is 6.10. The van der Waals surface area contributed by atoms with Crippen LogP contribution in [0.1, 0.15) is 12.5 Å². The summed E-state index contributed by atoms with van der Waals surface area (Å²) in [6.07, 6.45) is 0. The van der Waals surface area contributed by atoms with Gasteiger partial charge >= 0.3 is 0 Å². The van der Waals surface area contributed by atoms with Crippen molar-refractivity contribution >= 4 is 57.5 Å². The van der Waals surface area contributed by atoms with Crippen LogP contribution in [0, 0.1) is 6.92 Å². The number of amides is 1. The summed E-state index contributed by atoms with van der Waals surface area (Å²) in [7, 11) is 0. The number of aryl methyl sites for hydroxylation is 1. The van der Waals surface area contributed by atoms with Crippen LogP contribution in [0.3, 0.4) is 0 Å². The number of rotatable bonds is 7. The van der Waals surface area contributed by atoms with E-state index in [1.165, 1.54) is 23.1 Å². The zero-order valence-corrected chi connectivity index (χ0v) is 17.0. The lowest BCUT2D eigenvalue weighted by atomic mass is 10.2. The van der Waals surface area contributed by atoms with E-state index >= 15 is 0 Å². The molecule has 12 heteroatoms. The minimum Gasteiger partial charge on any atom is -0.300 e. The quantitative estimate of drug-likeness (QED) is 0.453. The summed E-state index contributed by atoms with van der Waals surface area (Å²) < 4.78 is 2.40. The molecule has 26 heavy (non-hydrogen) atoms. The Labute approximate surface area is 167 Å². The molecule has 0 saturated carbocycles. The molecule has 0 aliphatic rings. The first-order valence-corrected chi connectivity index (χ1v) is 10.7. The molecule has 0 saturated heterocycles. The topological polar surface area (TPSA) is 98.5 Å². The van der Waals surface area contributed by atoms with E-state index in [4.69, 9.17) is 11.6 Å². The van der Waals surface area contributed by atoms with Crippen molar-refractivity contribution in [1.29, 1.82) is 0 Å². The zero-order valence-electron chi connectivity index (χ0n) is 13.8. The third kappa shape index (κ3) is 4.72. The van der Waals surface area contributed by atoms with E-state index in [1.807, 2.05) is 19.9 Å². The number of hydrogen-bond donors (Lipinski definition) is 1. The number of hydrogen-bond acceptors (Lipinski definition) is 9. The van der Waals surface area contributed by atoms with Crippen LogP contribution in [0.25, 0.3) is 5.69 Å². The van der Waals surface area contributed by atoms with E-state index in [-0.39, 0.29) is 11.7 Å². The van der Waals surface area contributed by atoms with Gasteiger partial charge in [-0.15, -0.1) is 15.3 Å². The second kappa shape index (κ2) is 8.80. The fourth-order valence-corrected chi connectivity index (χ4v) is 4.47. The normalized spacial score (nSPS) is 10.9. The summed E-state index contributed by atoms with van der Waals surface area (Å²) >= 11 is 10.2. The molecule has 0 aliphatic heterocycles. The predicted molar refractivity (Wildman–Crippen MR) is 105 cm³/mol. The Kier molecular flexibility index (Phi) is 6.46. The number of aromatic nitrogens is 6. The second-order valence-corrected chi connectivity index (χ2v) is 8.81. The molecule has 0 unspecified atom stereocenters. The number of thioether (sulfide) groups is 2. The molecule has 0 atom stereocenters. The van der Waals surface area contributed by atoms with Crippen LogP contribution in [0.4, 0.5) is 5.13 Å². The van der Waals surface area contributed by atoms with Gasteiger partial charge in [0.15, 0.2) is 4.34 Å². The molecule has 0 radical (unpaired) electrons. The largest absolute Gasteiger partial charge is 0.300 e. The minimum absolute atomic E-state index is 0.149. The fourth-order valence-electron chi connectivity index (χ4n) is 1.96. The molecule has 1 amide bonds. The summed E-state index contributed by atoms with van der Waals surface area (Å²) in [4.78, 5) is 12.1. The van der Waals surface area contributed by atoms with Crippen molar-refractivity contribution in [2.24, 2.45) is 0 Å². The van der Waals surface area contributed by atoms with Crippen molar-refractivity contribution in [1.82, 2.24) is 30.4 Å². The maximum Gasteiger partial charge on any atom is 0.236 e. The van der Waals surface area contributed by atoms with Crippen LogP contribution in [-0.4, -0.2) is 47.8 Å². The maximum absolute atomic E-state index is 12.1. The van der Waals surface area contributed by atoms with Gasteiger partial charge in [0.25, 0.3) is 0 Å². The minimum atomic E-state index is -0.198. The number of anilines is 1. The molecule has 136 valence electrons. The van der Waals surface area contributed by atoms with Gasteiger partial charge in [-0.3, -0.25) is 10.1 Å². The Hall–Kier alpha value is -1.69. The van der Waals surface area contributed by atoms with Gasteiger partial charge in [-0.25, -0.2) is 0 Å². The number of benzene rings is 1. The van der Waals surface area contributed by atoms with Gasteiger partial charge in [0, 0.05) is 5.02 Å². The van der Waals surface area contributed by atoms with E-state index in [2.05, 4.69) is 31.0 Å². The van der Waals surface area contributed by atoms with Crippen molar-refractivity contribution in [3.8, 4) is 5.69 Å². The number of carbonyl (C=O) groups excluding carboxylic acids is 1. The van der Waals surface area contributed by atoms with Crippen LogP contribution in [-0.2, 0) is 4.79 Å². The first-order valence-electron chi connectivity index (χ1n) is 7.50. The molecular weight excluding hydrogens is 414 g/mol. The summed E-state index contributed by atoms with van der Waals surface area (Å²) in [6, 6.07) is 5.48. The van der Waals surface area contributed by atoms with E-state index < -0.39 is 0 Å². The van der Waals surface area contributed by atoms with Crippen LogP contribution in [0.5, 0.6) is 0 Å². The lowest BCUT2D eigenvalue weighted by molar-refractivity contribution is -0.113. The van der Waals surface area contributed by atoms with Crippen LogP contribution in [0.15, 0.2) is 27.7 Å². The molecule has 0 aliphatic carbocycles. The van der Waals surface area contributed by atoms with Gasteiger partial charge in [-0.1, -0.05) is 59.5 Å². The maximum atomic E-state index is 12.1. The Morgan fingerprint density at radius 2 is 2.15 bits per heavy atom. The van der Waals surface area contributed by atoms with Crippen molar-refractivity contribution in [3.63, 3.8) is 0 Å². The average molecular weight is 428 g/mol. The van der Waals surface area contributed by atoms with Gasteiger partial charge in [-0.2, -0.15) is 4.68 Å². The molecule has 3 rings (SSSR count). The number of nitrogens with one attached hydrogen (secondary N) is 1. The lowest BCUT2D eigenvalue weighted by Gasteiger charge is -2.07. The number of carbonyl (C=O) groups is 1. The number of tetrazole rings is 1. The molecule has 2 aromatic heterocycles. The van der Waals surface area contributed by atoms with Crippen molar-refractivity contribution in [2.45, 2.75) is 23.3 Å². The van der Waals surface area contributed by atoms with Gasteiger partial charge in [0.2, 0.25) is 16.2 Å². The molecule has 2 heterocycles. The van der Waals surface area contributed by atoms with Gasteiger partial charge in [0.05, 0.1) is 11.4 Å². The van der Waals surface area contributed by atoms with E-state index in [0.29, 0.717) is 15.3 Å². The van der Waals surface area contributed by atoms with E-state index in [0.717, 1.165) is 21.3 Å². The Balaban J connectivity index is 1.64. The van der Waals surface area contributed by atoms with E-state index in [9.17, 15) is 4.79 Å². The molecule has 8 nitrogen and oxygen atoms in total. The molecule has 3 aromatic rings. The Morgan fingerprint density at radius 3 is 2.96 bits per heavy atom. The molecule has 0 fully saturated rings. The summed E-state index contributed by atoms with van der Waals surface area (Å²) in [6.45, 7) is 3.97. The highest BCUT2D eigenvalue weighted by molar-refractivity contribution is 8.01. The second-order valence-electron chi connectivity index (χ2n) is 4.95. The first-order chi connectivity index (χ1) is 12.6. The summed E-state index contributed by atoms with van der Waals surface area (Å²) in [5.41, 5.74) is 1.75. The first kappa shape index (κ1) is 19.1. The van der Waals surface area contributed by atoms with Crippen LogP contribution < -0.4 is 5.32 Å². The standard InChI is InChI=1S/C14H14ClN7OS3/c1-3-24-14-19-17-12(26-14)16-11(23)7-25-13-18-20-21-22(13)10-6-9(15)5-4-8(10)2/h4-6H,3,7H2,1-2H3,(H,16,17,23). The lowest BCUT2D eigenvalue weighted by Crippen LogP contribution is -2.14. The summed E-state index contributed by atoms with van der Waals surface area (Å²) in [5.74, 6) is 0.858. The SMILES string of the molecule is CCSc1nnc(NC(=O)CSc2nnnn2-c2cc(Cl)ccc2C)s1. The molecule has 1 N–H and O–H groups in total. The molecule has 0 bridgehead atoms. The van der Waals surface area contributed by atoms with Gasteiger partial charge < -0.3 is 0 Å². The molecule has 0 spiro atoms. The Bertz CT molecular complexity index is 914. The predicted octanol–water partition coefficient (Wildman–Crippen LogP) is 3.32. The fraction of sp³-hybridized carbons (Fsp3) is 0.286. The monoisotopic (exact) mass is 427 g/mol. The van der Waals surface area contributed by atoms with E-state index in [1.54, 1.807) is 28.6 Å². The van der Waals surface area contributed by atoms with Gasteiger partial charge in [0.1, 0.15) is 0 Å². The highest BCUT2D eigenvalue weighted by atomic mass is 35.5. The number of nitrogens with zero attached hydrogens (tertiary/aromatic N) is 6. The van der Waals surface area contributed by atoms with Crippen LogP contribution >= 0.6 is 46.5 Å². The highest BCUT2D eigenvalue weighted by Crippen LogP contribution is 2.26. The number of halogens is 1. The summed E-state index contributed by atoms with van der Waals surface area (Å²) in [5, 5.41) is 23.9. The molecular formula is C14H14ClN7OS3. The zero-order chi connectivity index (χ0) is 18.5. The van der Waals surface area contributed by atoms with Crippen LogP contribution in [0.2, 0.25) is 5.02 Å². The third-order valence-electron chi connectivity index (χ3n) is 3.09. The highest BCUT2D eigenvalue weighted by Gasteiger charge is 2.14.